The maximum atomic E-state index is 5.85. The number of rotatable bonds is 5. The van der Waals surface area contributed by atoms with Crippen molar-refractivity contribution in [1.82, 2.24) is 0 Å². The lowest BCUT2D eigenvalue weighted by molar-refractivity contribution is 0.665. The number of alkyl halides is 2. The fourth-order valence-corrected chi connectivity index (χ4v) is 1.17. The van der Waals surface area contributed by atoms with E-state index in [2.05, 4.69) is 22.9 Å². The zero-order valence-corrected chi connectivity index (χ0v) is 8.21. The van der Waals surface area contributed by atoms with Gasteiger partial charge in [0.2, 0.25) is 0 Å². The first-order valence-electron chi connectivity index (χ1n) is 3.51. The fraction of sp³-hybridized carbons (Fsp3) is 1.00. The van der Waals surface area contributed by atoms with E-state index in [9.17, 15) is 0 Å². The summed E-state index contributed by atoms with van der Waals surface area (Å²) in [6.45, 7) is 2.21. The van der Waals surface area contributed by atoms with E-state index in [-0.39, 0.29) is 0 Å². The monoisotopic (exact) mass is 212 g/mol. The summed E-state index contributed by atoms with van der Waals surface area (Å²) in [4.78, 5) is 0. The second-order valence-corrected chi connectivity index (χ2v) is 3.51. The summed E-state index contributed by atoms with van der Waals surface area (Å²) in [6.07, 6.45) is 5.03. The van der Waals surface area contributed by atoms with Crippen LogP contribution in [0.2, 0.25) is 0 Å². The normalized spacial score (nSPS) is 13.7. The van der Waals surface area contributed by atoms with E-state index in [1.807, 2.05) is 0 Å². The molecule has 0 nitrogen and oxygen atoms in total. The molecule has 0 aromatic rings. The Kier molecular flexibility index (Phi) is 7.47. The van der Waals surface area contributed by atoms with Crippen LogP contribution < -0.4 is 0 Å². The molecule has 0 aromatic heterocycles. The van der Waals surface area contributed by atoms with E-state index >= 15 is 0 Å². The maximum Gasteiger partial charge on any atom is 0.0432 e. The molecule has 0 saturated heterocycles. The van der Waals surface area contributed by atoms with Crippen molar-refractivity contribution in [2.24, 2.45) is 0 Å². The smallest absolute Gasteiger partial charge is 0.0432 e. The van der Waals surface area contributed by atoms with Gasteiger partial charge in [-0.25, -0.2) is 0 Å². The summed E-state index contributed by atoms with van der Waals surface area (Å²) < 4.78 is 0. The number of hydrogen-bond acceptors (Lipinski definition) is 0. The third kappa shape index (κ3) is 6.66. The molecule has 56 valence electrons. The maximum absolute atomic E-state index is 5.85. The van der Waals surface area contributed by atoms with Crippen LogP contribution >= 0.6 is 27.5 Å². The Morgan fingerprint density at radius 1 is 1.44 bits per heavy atom. The molecule has 9 heavy (non-hydrogen) atoms. The molecule has 0 aliphatic heterocycles. The van der Waals surface area contributed by atoms with Gasteiger partial charge in [0.25, 0.3) is 0 Å². The van der Waals surface area contributed by atoms with Gasteiger partial charge in [0.15, 0.2) is 0 Å². The second kappa shape index (κ2) is 6.88. The zero-order valence-electron chi connectivity index (χ0n) is 5.87. The summed E-state index contributed by atoms with van der Waals surface area (Å²) in [5.74, 6) is 0. The van der Waals surface area contributed by atoms with Crippen LogP contribution in [0.25, 0.3) is 0 Å². The Hall–Kier alpha value is 0.770. The molecule has 0 aliphatic carbocycles. The molecule has 0 spiro atoms. The quantitative estimate of drug-likeness (QED) is 0.484. The number of hydrogen-bond donors (Lipinski definition) is 0. The van der Waals surface area contributed by atoms with Crippen LogP contribution in [-0.4, -0.2) is 10.7 Å². The molecule has 0 N–H and O–H groups in total. The largest absolute Gasteiger partial charge is 0.122 e. The van der Waals surface area contributed by atoms with Gasteiger partial charge >= 0.3 is 0 Å². The van der Waals surface area contributed by atoms with Gasteiger partial charge in [0, 0.05) is 10.7 Å². The van der Waals surface area contributed by atoms with Crippen molar-refractivity contribution in [1.29, 1.82) is 0 Å². The van der Waals surface area contributed by atoms with Crippen molar-refractivity contribution in [2.45, 2.75) is 38.0 Å². The predicted molar refractivity (Wildman–Crippen MR) is 47.6 cm³/mol. The van der Waals surface area contributed by atoms with E-state index < -0.39 is 0 Å². The molecule has 0 amide bonds. The van der Waals surface area contributed by atoms with Crippen molar-refractivity contribution in [3.05, 3.63) is 0 Å². The number of unbranched alkanes of at least 4 members (excludes halogenated alkanes) is 2. The SMILES string of the molecule is CCCCCC(Cl)CBr. The van der Waals surface area contributed by atoms with Crippen molar-refractivity contribution in [2.75, 3.05) is 5.33 Å². The Bertz CT molecular complexity index is 56.9. The molecule has 0 saturated carbocycles. The Labute approximate surface area is 71.1 Å². The average Bonchev–Trinajstić information content (AvgIpc) is 1.89. The molecule has 0 fully saturated rings. The minimum atomic E-state index is 0.344. The van der Waals surface area contributed by atoms with Crippen molar-refractivity contribution in [3.63, 3.8) is 0 Å². The van der Waals surface area contributed by atoms with Crippen LogP contribution in [0.1, 0.15) is 32.6 Å². The third-order valence-corrected chi connectivity index (χ3v) is 2.82. The van der Waals surface area contributed by atoms with E-state index in [1.54, 1.807) is 0 Å². The molecule has 0 heterocycles. The van der Waals surface area contributed by atoms with Gasteiger partial charge in [-0.05, 0) is 6.42 Å². The lowest BCUT2D eigenvalue weighted by Gasteiger charge is -2.02. The molecular formula is C7H14BrCl. The van der Waals surface area contributed by atoms with Gasteiger partial charge in [-0.3, -0.25) is 0 Å². The Morgan fingerprint density at radius 3 is 2.56 bits per heavy atom. The van der Waals surface area contributed by atoms with Gasteiger partial charge < -0.3 is 0 Å². The lowest BCUT2D eigenvalue weighted by atomic mass is 10.2. The van der Waals surface area contributed by atoms with E-state index in [4.69, 9.17) is 11.6 Å². The first kappa shape index (κ1) is 9.77. The highest BCUT2D eigenvalue weighted by Gasteiger charge is 1.99. The van der Waals surface area contributed by atoms with Crippen LogP contribution in [0.15, 0.2) is 0 Å². The molecule has 0 bridgehead atoms. The topological polar surface area (TPSA) is 0 Å². The minimum Gasteiger partial charge on any atom is -0.122 e. The molecule has 0 rings (SSSR count). The average molecular weight is 214 g/mol. The fourth-order valence-electron chi connectivity index (χ4n) is 0.693. The lowest BCUT2D eigenvalue weighted by Crippen LogP contribution is -1.98. The first-order chi connectivity index (χ1) is 4.31. The molecule has 1 unspecified atom stereocenters. The summed E-state index contributed by atoms with van der Waals surface area (Å²) >= 11 is 9.19. The minimum absolute atomic E-state index is 0.344. The van der Waals surface area contributed by atoms with E-state index in [0.717, 1.165) is 11.8 Å². The van der Waals surface area contributed by atoms with Crippen LogP contribution in [0.4, 0.5) is 0 Å². The summed E-state index contributed by atoms with van der Waals surface area (Å²) in [6, 6.07) is 0. The van der Waals surface area contributed by atoms with Crippen molar-refractivity contribution >= 4 is 27.5 Å². The Morgan fingerprint density at radius 2 is 2.11 bits per heavy atom. The predicted octanol–water partition coefficient (Wildman–Crippen LogP) is 3.57. The molecule has 2 heteroatoms. The molecule has 1 atom stereocenters. The zero-order chi connectivity index (χ0) is 7.11. The second-order valence-electron chi connectivity index (χ2n) is 2.25. The van der Waals surface area contributed by atoms with Crippen LogP contribution in [0, 0.1) is 0 Å². The summed E-state index contributed by atoms with van der Waals surface area (Å²) in [5.41, 5.74) is 0. The van der Waals surface area contributed by atoms with Gasteiger partial charge in [-0.1, -0.05) is 42.1 Å². The summed E-state index contributed by atoms with van der Waals surface area (Å²) in [5, 5.41) is 1.27. The van der Waals surface area contributed by atoms with Crippen LogP contribution in [0.5, 0.6) is 0 Å². The third-order valence-electron chi connectivity index (χ3n) is 1.29. The highest BCUT2D eigenvalue weighted by Crippen LogP contribution is 2.10. The standard InChI is InChI=1S/C7H14BrCl/c1-2-3-4-5-7(9)6-8/h7H,2-6H2,1H3. The molecule has 0 aromatic carbocycles. The van der Waals surface area contributed by atoms with Gasteiger partial charge in [-0.15, -0.1) is 11.6 Å². The van der Waals surface area contributed by atoms with Crippen molar-refractivity contribution in [3.8, 4) is 0 Å². The molecule has 0 aliphatic rings. The highest BCUT2D eigenvalue weighted by atomic mass is 79.9. The molecule has 0 radical (unpaired) electrons. The van der Waals surface area contributed by atoms with Crippen LogP contribution in [-0.2, 0) is 0 Å². The van der Waals surface area contributed by atoms with Gasteiger partial charge in [0.05, 0.1) is 0 Å². The van der Waals surface area contributed by atoms with E-state index in [1.165, 1.54) is 19.3 Å². The van der Waals surface area contributed by atoms with Gasteiger partial charge in [0.1, 0.15) is 0 Å². The van der Waals surface area contributed by atoms with Gasteiger partial charge in [-0.2, -0.15) is 0 Å². The summed E-state index contributed by atoms with van der Waals surface area (Å²) in [7, 11) is 0. The first-order valence-corrected chi connectivity index (χ1v) is 5.07. The molecular weight excluding hydrogens is 199 g/mol. The van der Waals surface area contributed by atoms with Crippen LogP contribution in [0.3, 0.4) is 0 Å². The van der Waals surface area contributed by atoms with Crippen molar-refractivity contribution < 1.29 is 0 Å². The highest BCUT2D eigenvalue weighted by molar-refractivity contribution is 9.09. The number of halogens is 2. The Balaban J connectivity index is 2.88. The van der Waals surface area contributed by atoms with E-state index in [0.29, 0.717) is 5.38 Å².